The number of benzene rings is 2. The van der Waals surface area contributed by atoms with Gasteiger partial charge in [0.05, 0.1) is 21.3 Å². The molecular weight excluding hydrogens is 292 g/mol. The Morgan fingerprint density at radius 2 is 1.85 bits per heavy atom. The van der Waals surface area contributed by atoms with Crippen molar-refractivity contribution in [2.24, 2.45) is 0 Å². The summed E-state index contributed by atoms with van der Waals surface area (Å²) >= 11 is 7.49. The van der Waals surface area contributed by atoms with Crippen LogP contribution in [-0.2, 0) is 4.79 Å². The second-order valence-corrected chi connectivity index (χ2v) is 5.68. The highest BCUT2D eigenvalue weighted by Crippen LogP contribution is 2.37. The Hall–Kier alpha value is -1.91. The number of para-hydroxylation sites is 2. The summed E-state index contributed by atoms with van der Waals surface area (Å²) in [4.78, 5) is 13.6. The number of halogens is 1. The molecule has 2 aromatic carbocycles. The topological polar surface area (TPSA) is 41.1 Å². The molecule has 0 spiro atoms. The first-order chi connectivity index (χ1) is 9.74. The van der Waals surface area contributed by atoms with Gasteiger partial charge in [0.1, 0.15) is 0 Å². The molecule has 0 saturated heterocycles. The predicted molar refractivity (Wildman–Crippen MR) is 84.1 cm³/mol. The van der Waals surface area contributed by atoms with Crippen LogP contribution in [0, 0.1) is 0 Å². The second-order valence-electron chi connectivity index (χ2n) is 4.19. The zero-order chi connectivity index (χ0) is 13.9. The van der Waals surface area contributed by atoms with Gasteiger partial charge in [-0.05, 0) is 24.3 Å². The van der Waals surface area contributed by atoms with Crippen LogP contribution in [-0.4, -0.2) is 5.91 Å². The third-order valence-electron chi connectivity index (χ3n) is 2.81. The molecule has 0 aliphatic carbocycles. The van der Waals surface area contributed by atoms with Gasteiger partial charge in [0.25, 0.3) is 5.91 Å². The van der Waals surface area contributed by atoms with Crippen LogP contribution in [0.5, 0.6) is 0 Å². The van der Waals surface area contributed by atoms with Gasteiger partial charge in [-0.25, -0.2) is 0 Å². The van der Waals surface area contributed by atoms with Crippen LogP contribution >= 0.6 is 23.4 Å². The molecule has 5 heteroatoms. The van der Waals surface area contributed by atoms with Gasteiger partial charge in [0.2, 0.25) is 0 Å². The zero-order valence-electron chi connectivity index (χ0n) is 10.4. The number of hydrogen-bond acceptors (Lipinski definition) is 3. The maximum atomic E-state index is 12.0. The maximum Gasteiger partial charge on any atom is 0.263 e. The van der Waals surface area contributed by atoms with Gasteiger partial charge in [-0.1, -0.05) is 47.6 Å². The van der Waals surface area contributed by atoms with Crippen molar-refractivity contribution in [3.63, 3.8) is 0 Å². The summed E-state index contributed by atoms with van der Waals surface area (Å²) in [6.45, 7) is 0. The molecule has 0 radical (unpaired) electrons. The lowest BCUT2D eigenvalue weighted by molar-refractivity contribution is -0.112. The van der Waals surface area contributed by atoms with Crippen LogP contribution in [0.25, 0.3) is 0 Å². The molecule has 1 aliphatic rings. The molecule has 2 N–H and O–H groups in total. The number of carbonyl (C=O) groups is 1. The average Bonchev–Trinajstić information content (AvgIpc) is 2.46. The van der Waals surface area contributed by atoms with Crippen molar-refractivity contribution < 1.29 is 4.79 Å². The molecule has 3 rings (SSSR count). The van der Waals surface area contributed by atoms with E-state index < -0.39 is 0 Å². The third-order valence-corrected chi connectivity index (χ3v) is 4.24. The van der Waals surface area contributed by atoms with Crippen LogP contribution in [0.15, 0.2) is 64.5 Å². The van der Waals surface area contributed by atoms with E-state index >= 15 is 0 Å². The number of carbonyl (C=O) groups excluding carboxylic acids is 1. The lowest BCUT2D eigenvalue weighted by Gasteiger charge is -2.18. The second kappa shape index (κ2) is 5.61. The summed E-state index contributed by atoms with van der Waals surface area (Å²) in [5.41, 5.74) is 1.62. The highest BCUT2D eigenvalue weighted by molar-refractivity contribution is 8.04. The van der Waals surface area contributed by atoms with Gasteiger partial charge >= 0.3 is 0 Å². The smallest absolute Gasteiger partial charge is 0.263 e. The van der Waals surface area contributed by atoms with Crippen molar-refractivity contribution in [2.45, 2.75) is 4.90 Å². The van der Waals surface area contributed by atoms with Gasteiger partial charge in [0, 0.05) is 11.1 Å². The van der Waals surface area contributed by atoms with E-state index in [1.165, 1.54) is 11.8 Å². The molecule has 0 saturated carbocycles. The number of amides is 1. The first kappa shape index (κ1) is 13.1. The van der Waals surface area contributed by atoms with Crippen molar-refractivity contribution in [3.8, 4) is 0 Å². The number of rotatable bonds is 2. The SMILES string of the molecule is O=C1Nc2ccccc2SC1=CNc1ccccc1Cl. The Kier molecular flexibility index (Phi) is 3.67. The highest BCUT2D eigenvalue weighted by Gasteiger charge is 2.20. The number of fused-ring (bicyclic) bond motifs is 1. The molecule has 1 heterocycles. The lowest BCUT2D eigenvalue weighted by Crippen LogP contribution is -2.17. The monoisotopic (exact) mass is 302 g/mol. The van der Waals surface area contributed by atoms with Crippen LogP contribution in [0.4, 0.5) is 11.4 Å². The Balaban J connectivity index is 1.83. The number of thioether (sulfide) groups is 1. The van der Waals surface area contributed by atoms with Gasteiger partial charge in [-0.2, -0.15) is 0 Å². The normalized spacial score (nSPS) is 15.7. The Labute approximate surface area is 126 Å². The minimum Gasteiger partial charge on any atom is -0.359 e. The summed E-state index contributed by atoms with van der Waals surface area (Å²) in [6, 6.07) is 15.1. The predicted octanol–water partition coefficient (Wildman–Crippen LogP) is 4.34. The van der Waals surface area contributed by atoms with E-state index in [1.807, 2.05) is 42.5 Å². The highest BCUT2D eigenvalue weighted by atomic mass is 35.5. The molecule has 0 fully saturated rings. The van der Waals surface area contributed by atoms with Crippen molar-refractivity contribution in [2.75, 3.05) is 10.6 Å². The summed E-state index contributed by atoms with van der Waals surface area (Å²) in [5, 5.41) is 6.54. The van der Waals surface area contributed by atoms with Gasteiger partial charge < -0.3 is 10.6 Å². The van der Waals surface area contributed by atoms with Crippen LogP contribution in [0.3, 0.4) is 0 Å². The fourth-order valence-electron chi connectivity index (χ4n) is 1.82. The van der Waals surface area contributed by atoms with Gasteiger partial charge in [-0.15, -0.1) is 0 Å². The molecule has 0 atom stereocenters. The Morgan fingerprint density at radius 1 is 1.10 bits per heavy atom. The molecule has 2 aromatic rings. The third kappa shape index (κ3) is 2.66. The average molecular weight is 303 g/mol. The van der Waals surface area contributed by atoms with E-state index in [4.69, 9.17) is 11.6 Å². The quantitative estimate of drug-likeness (QED) is 0.811. The van der Waals surface area contributed by atoms with E-state index in [0.717, 1.165) is 16.3 Å². The molecule has 100 valence electrons. The maximum absolute atomic E-state index is 12.0. The van der Waals surface area contributed by atoms with E-state index in [9.17, 15) is 4.79 Å². The van der Waals surface area contributed by atoms with Gasteiger partial charge in [0.15, 0.2) is 0 Å². The fraction of sp³-hybridized carbons (Fsp3) is 0. The molecule has 0 unspecified atom stereocenters. The van der Waals surface area contributed by atoms with Gasteiger partial charge in [-0.3, -0.25) is 4.79 Å². The lowest BCUT2D eigenvalue weighted by atomic mass is 10.3. The van der Waals surface area contributed by atoms with Crippen LogP contribution in [0.1, 0.15) is 0 Å². The Bertz CT molecular complexity index is 700. The fourth-order valence-corrected chi connectivity index (χ4v) is 2.89. The summed E-state index contributed by atoms with van der Waals surface area (Å²) in [5.74, 6) is -0.117. The largest absolute Gasteiger partial charge is 0.359 e. The molecule has 1 aliphatic heterocycles. The molecular formula is C15H11ClN2OS. The van der Waals surface area contributed by atoms with Crippen molar-refractivity contribution in [3.05, 3.63) is 64.7 Å². The molecule has 0 aromatic heterocycles. The summed E-state index contributed by atoms with van der Waals surface area (Å²) < 4.78 is 0. The first-order valence-corrected chi connectivity index (χ1v) is 7.23. The zero-order valence-corrected chi connectivity index (χ0v) is 12.0. The summed E-state index contributed by atoms with van der Waals surface area (Å²) in [6.07, 6.45) is 1.68. The molecule has 20 heavy (non-hydrogen) atoms. The molecule has 0 bridgehead atoms. The van der Waals surface area contributed by atoms with Crippen molar-refractivity contribution in [1.29, 1.82) is 0 Å². The van der Waals surface area contributed by atoms with E-state index in [0.29, 0.717) is 9.93 Å². The first-order valence-electron chi connectivity index (χ1n) is 6.03. The standard InChI is InChI=1S/C15H11ClN2OS/c16-10-5-1-2-6-11(10)17-9-14-15(19)18-12-7-3-4-8-13(12)20-14/h1-9,17H,(H,18,19). The van der Waals surface area contributed by atoms with Crippen LogP contribution in [0.2, 0.25) is 5.02 Å². The number of nitrogens with one attached hydrogen (secondary N) is 2. The van der Waals surface area contributed by atoms with E-state index in [2.05, 4.69) is 10.6 Å². The molecule has 1 amide bonds. The number of hydrogen-bond donors (Lipinski definition) is 2. The minimum absolute atomic E-state index is 0.117. The Morgan fingerprint density at radius 3 is 2.70 bits per heavy atom. The molecule has 3 nitrogen and oxygen atoms in total. The number of anilines is 2. The van der Waals surface area contributed by atoms with E-state index in [-0.39, 0.29) is 5.91 Å². The summed E-state index contributed by atoms with van der Waals surface area (Å²) in [7, 11) is 0. The minimum atomic E-state index is -0.117. The van der Waals surface area contributed by atoms with Crippen molar-refractivity contribution >= 4 is 40.6 Å². The van der Waals surface area contributed by atoms with E-state index in [1.54, 1.807) is 12.3 Å². The van der Waals surface area contributed by atoms with Crippen LogP contribution < -0.4 is 10.6 Å². The van der Waals surface area contributed by atoms with Crippen molar-refractivity contribution in [1.82, 2.24) is 0 Å².